The summed E-state index contributed by atoms with van der Waals surface area (Å²) in [6, 6.07) is 0.273. The van der Waals surface area contributed by atoms with E-state index < -0.39 is 0 Å². The molecule has 0 aliphatic heterocycles. The molecule has 1 atom stereocenters. The van der Waals surface area contributed by atoms with Crippen molar-refractivity contribution in [1.29, 1.82) is 0 Å². The number of ketones is 1. The van der Waals surface area contributed by atoms with E-state index in [1.165, 1.54) is 0 Å². The predicted octanol–water partition coefficient (Wildman–Crippen LogP) is 1.61. The van der Waals surface area contributed by atoms with Crippen LogP contribution < -0.4 is 5.32 Å². The highest BCUT2D eigenvalue weighted by Gasteiger charge is 2.20. The van der Waals surface area contributed by atoms with Crippen molar-refractivity contribution in [1.82, 2.24) is 5.32 Å². The molecule has 0 amide bonds. The third kappa shape index (κ3) is 5.35. The van der Waals surface area contributed by atoms with Crippen molar-refractivity contribution < 1.29 is 9.53 Å². The van der Waals surface area contributed by atoms with Gasteiger partial charge in [0.25, 0.3) is 0 Å². The molecule has 3 nitrogen and oxygen atoms in total. The van der Waals surface area contributed by atoms with Gasteiger partial charge in [-0.15, -0.1) is 0 Å². The number of carbonyl (C=O) groups excluding carboxylic acids is 1. The van der Waals surface area contributed by atoms with Crippen molar-refractivity contribution in [2.45, 2.75) is 46.2 Å². The number of hydrogen-bond acceptors (Lipinski definition) is 3. The summed E-state index contributed by atoms with van der Waals surface area (Å²) in [7, 11) is 1.66. The van der Waals surface area contributed by atoms with E-state index in [4.69, 9.17) is 4.74 Å². The van der Waals surface area contributed by atoms with Crippen LogP contribution in [0.5, 0.6) is 0 Å². The van der Waals surface area contributed by atoms with Crippen LogP contribution in [0.3, 0.4) is 0 Å². The lowest BCUT2D eigenvalue weighted by molar-refractivity contribution is -0.124. The second-order valence-electron chi connectivity index (χ2n) is 4.21. The molecular weight excluding hydrogens is 178 g/mol. The molecule has 0 aromatic rings. The van der Waals surface area contributed by atoms with E-state index in [2.05, 4.69) is 5.32 Å². The van der Waals surface area contributed by atoms with E-state index >= 15 is 0 Å². The molecule has 0 spiro atoms. The maximum Gasteiger partial charge on any atom is 0.152 e. The van der Waals surface area contributed by atoms with Crippen LogP contribution >= 0.6 is 0 Å². The van der Waals surface area contributed by atoms with Crippen molar-refractivity contribution in [2.75, 3.05) is 13.7 Å². The van der Waals surface area contributed by atoms with E-state index in [0.717, 1.165) is 6.42 Å². The van der Waals surface area contributed by atoms with Gasteiger partial charge in [-0.05, 0) is 6.42 Å². The van der Waals surface area contributed by atoms with Crippen molar-refractivity contribution in [3.8, 4) is 0 Å². The summed E-state index contributed by atoms with van der Waals surface area (Å²) in [4.78, 5) is 11.8. The molecule has 1 N–H and O–H groups in total. The molecule has 0 aromatic heterocycles. The molecular formula is C11H23NO2. The second kappa shape index (κ2) is 6.96. The number of nitrogens with one attached hydrogen (secondary N) is 1. The van der Waals surface area contributed by atoms with E-state index in [1.807, 2.05) is 27.7 Å². The van der Waals surface area contributed by atoms with Crippen LogP contribution in [0.15, 0.2) is 0 Å². The molecule has 0 heterocycles. The molecule has 0 aliphatic carbocycles. The first-order valence-electron chi connectivity index (χ1n) is 5.27. The number of rotatable bonds is 7. The fourth-order valence-electron chi connectivity index (χ4n) is 1.35. The molecule has 84 valence electrons. The Morgan fingerprint density at radius 3 is 2.21 bits per heavy atom. The summed E-state index contributed by atoms with van der Waals surface area (Å²) in [5.41, 5.74) is 0. The standard InChI is InChI=1S/C11H23NO2/c1-8(2)11(13)10(6-7-14-5)12-9(3)4/h8-10,12H,6-7H2,1-5H3. The first kappa shape index (κ1) is 13.6. The lowest BCUT2D eigenvalue weighted by Crippen LogP contribution is -2.43. The van der Waals surface area contributed by atoms with Crippen molar-refractivity contribution in [3.63, 3.8) is 0 Å². The van der Waals surface area contributed by atoms with Gasteiger partial charge in [-0.1, -0.05) is 27.7 Å². The average Bonchev–Trinajstić information content (AvgIpc) is 2.10. The fraction of sp³-hybridized carbons (Fsp3) is 0.909. The van der Waals surface area contributed by atoms with Crippen LogP contribution in [0.2, 0.25) is 0 Å². The van der Waals surface area contributed by atoms with Gasteiger partial charge in [0, 0.05) is 25.7 Å². The van der Waals surface area contributed by atoms with E-state index in [-0.39, 0.29) is 17.7 Å². The Morgan fingerprint density at radius 1 is 1.29 bits per heavy atom. The van der Waals surface area contributed by atoms with Crippen LogP contribution in [-0.4, -0.2) is 31.6 Å². The van der Waals surface area contributed by atoms with Crippen LogP contribution in [0, 0.1) is 5.92 Å². The van der Waals surface area contributed by atoms with E-state index in [1.54, 1.807) is 7.11 Å². The van der Waals surface area contributed by atoms with Crippen molar-refractivity contribution in [3.05, 3.63) is 0 Å². The summed E-state index contributed by atoms with van der Waals surface area (Å²) in [6.45, 7) is 8.60. The lowest BCUT2D eigenvalue weighted by atomic mass is 9.99. The van der Waals surface area contributed by atoms with Gasteiger partial charge in [0.15, 0.2) is 5.78 Å². The summed E-state index contributed by atoms with van der Waals surface area (Å²) in [5.74, 6) is 0.360. The maximum atomic E-state index is 11.8. The number of Topliss-reactive ketones (excluding diaryl/α,β-unsaturated/α-hetero) is 1. The third-order valence-electron chi connectivity index (χ3n) is 2.06. The SMILES string of the molecule is COCCC(NC(C)C)C(=O)C(C)C. The molecule has 0 radical (unpaired) electrons. The summed E-state index contributed by atoms with van der Waals surface area (Å²) in [5, 5.41) is 3.27. The number of methoxy groups -OCH3 is 1. The molecule has 14 heavy (non-hydrogen) atoms. The molecule has 0 fully saturated rings. The maximum absolute atomic E-state index is 11.8. The zero-order valence-corrected chi connectivity index (χ0v) is 9.96. The van der Waals surface area contributed by atoms with Gasteiger partial charge in [-0.25, -0.2) is 0 Å². The van der Waals surface area contributed by atoms with Crippen LogP contribution in [-0.2, 0) is 9.53 Å². The average molecular weight is 201 g/mol. The Hall–Kier alpha value is -0.410. The van der Waals surface area contributed by atoms with Gasteiger partial charge in [0.1, 0.15) is 0 Å². The second-order valence-corrected chi connectivity index (χ2v) is 4.21. The molecule has 0 saturated heterocycles. The van der Waals surface area contributed by atoms with E-state index in [9.17, 15) is 4.79 Å². The largest absolute Gasteiger partial charge is 0.385 e. The molecule has 0 rings (SSSR count). The molecule has 0 saturated carbocycles. The summed E-state index contributed by atoms with van der Waals surface area (Å²) < 4.78 is 4.99. The molecule has 1 unspecified atom stereocenters. The first-order chi connectivity index (χ1) is 6.49. The first-order valence-corrected chi connectivity index (χ1v) is 5.27. The normalized spacial score (nSPS) is 13.6. The molecule has 0 bridgehead atoms. The highest BCUT2D eigenvalue weighted by atomic mass is 16.5. The minimum atomic E-state index is -0.0602. The Labute approximate surface area is 87.2 Å². The quantitative estimate of drug-likeness (QED) is 0.680. The van der Waals surface area contributed by atoms with Gasteiger partial charge in [-0.3, -0.25) is 4.79 Å². The Kier molecular flexibility index (Phi) is 6.75. The van der Waals surface area contributed by atoms with Crippen LogP contribution in [0.25, 0.3) is 0 Å². The van der Waals surface area contributed by atoms with Crippen molar-refractivity contribution in [2.24, 2.45) is 5.92 Å². The zero-order chi connectivity index (χ0) is 11.1. The molecule has 3 heteroatoms. The lowest BCUT2D eigenvalue weighted by Gasteiger charge is -2.21. The summed E-state index contributed by atoms with van der Waals surface area (Å²) >= 11 is 0. The number of carbonyl (C=O) groups is 1. The summed E-state index contributed by atoms with van der Waals surface area (Å²) in [6.07, 6.45) is 0.756. The topological polar surface area (TPSA) is 38.3 Å². The molecule has 0 aromatic carbocycles. The highest BCUT2D eigenvalue weighted by Crippen LogP contribution is 2.04. The minimum Gasteiger partial charge on any atom is -0.385 e. The van der Waals surface area contributed by atoms with E-state index in [0.29, 0.717) is 12.6 Å². The van der Waals surface area contributed by atoms with Gasteiger partial charge in [0.05, 0.1) is 6.04 Å². The third-order valence-corrected chi connectivity index (χ3v) is 2.06. The monoisotopic (exact) mass is 201 g/mol. The van der Waals surface area contributed by atoms with Gasteiger partial charge < -0.3 is 10.1 Å². The fourth-order valence-corrected chi connectivity index (χ4v) is 1.35. The van der Waals surface area contributed by atoms with Crippen LogP contribution in [0.4, 0.5) is 0 Å². The van der Waals surface area contributed by atoms with Gasteiger partial charge in [0.2, 0.25) is 0 Å². The zero-order valence-electron chi connectivity index (χ0n) is 9.96. The highest BCUT2D eigenvalue weighted by molar-refractivity contribution is 5.85. The number of ether oxygens (including phenoxy) is 1. The van der Waals surface area contributed by atoms with Crippen LogP contribution in [0.1, 0.15) is 34.1 Å². The Morgan fingerprint density at radius 2 is 1.86 bits per heavy atom. The van der Waals surface area contributed by atoms with Crippen molar-refractivity contribution >= 4 is 5.78 Å². The van der Waals surface area contributed by atoms with Gasteiger partial charge in [-0.2, -0.15) is 0 Å². The molecule has 0 aliphatic rings. The number of hydrogen-bond donors (Lipinski definition) is 1. The van der Waals surface area contributed by atoms with Gasteiger partial charge >= 0.3 is 0 Å². The Balaban J connectivity index is 4.15. The Bertz CT molecular complexity index is 167. The predicted molar refractivity (Wildman–Crippen MR) is 58.4 cm³/mol. The minimum absolute atomic E-state index is 0.0602. The smallest absolute Gasteiger partial charge is 0.152 e.